The van der Waals surface area contributed by atoms with E-state index in [0.717, 1.165) is 4.90 Å². The number of amides is 4. The summed E-state index contributed by atoms with van der Waals surface area (Å²) in [5.41, 5.74) is -0.382. The van der Waals surface area contributed by atoms with Crippen LogP contribution in [-0.2, 0) is 15.1 Å². The van der Waals surface area contributed by atoms with E-state index < -0.39 is 29.9 Å². The van der Waals surface area contributed by atoms with Gasteiger partial charge in [-0.1, -0.05) is 65.1 Å². The number of carbonyl (C=O) groups is 3. The molecule has 3 rings (SSSR count). The first-order chi connectivity index (χ1) is 12.7. The molecule has 2 N–H and O–H groups in total. The zero-order valence-electron chi connectivity index (χ0n) is 14.1. The molecule has 0 aliphatic carbocycles. The van der Waals surface area contributed by atoms with E-state index in [1.807, 2.05) is 0 Å². The van der Waals surface area contributed by atoms with Gasteiger partial charge in [0.05, 0.1) is 20.8 Å². The molecule has 1 saturated heterocycles. The molecule has 140 valence electrons. The number of nitrogens with one attached hydrogen (secondary N) is 2. The minimum atomic E-state index is -1.24. The molecular formula is C18H14Cl3N3O3. The number of hydrogen-bond acceptors (Lipinski definition) is 3. The van der Waals surface area contributed by atoms with Crippen molar-refractivity contribution in [1.29, 1.82) is 0 Å². The summed E-state index contributed by atoms with van der Waals surface area (Å²) in [5, 5.41) is 5.80. The van der Waals surface area contributed by atoms with Gasteiger partial charge in [0.25, 0.3) is 5.91 Å². The summed E-state index contributed by atoms with van der Waals surface area (Å²) >= 11 is 17.8. The molecule has 1 heterocycles. The lowest BCUT2D eigenvalue weighted by atomic mass is 9.92. The Labute approximate surface area is 170 Å². The van der Waals surface area contributed by atoms with Crippen LogP contribution in [-0.4, -0.2) is 29.3 Å². The van der Waals surface area contributed by atoms with Crippen LogP contribution in [0.1, 0.15) is 12.5 Å². The van der Waals surface area contributed by atoms with Crippen molar-refractivity contribution in [3.05, 3.63) is 63.1 Å². The largest absolute Gasteiger partial charge is 0.325 e. The third-order valence-electron chi connectivity index (χ3n) is 4.21. The molecule has 9 heteroatoms. The Balaban J connectivity index is 1.76. The number of halogens is 3. The Hall–Kier alpha value is -2.28. The van der Waals surface area contributed by atoms with Crippen molar-refractivity contribution in [2.24, 2.45) is 0 Å². The molecule has 6 nitrogen and oxygen atoms in total. The van der Waals surface area contributed by atoms with Gasteiger partial charge in [-0.05, 0) is 24.6 Å². The molecular weight excluding hydrogens is 413 g/mol. The van der Waals surface area contributed by atoms with E-state index in [2.05, 4.69) is 10.6 Å². The van der Waals surface area contributed by atoms with Crippen LogP contribution >= 0.6 is 34.8 Å². The van der Waals surface area contributed by atoms with Crippen LogP contribution in [0.25, 0.3) is 0 Å². The van der Waals surface area contributed by atoms with Crippen molar-refractivity contribution < 1.29 is 14.4 Å². The summed E-state index contributed by atoms with van der Waals surface area (Å²) < 4.78 is 0. The maximum absolute atomic E-state index is 12.8. The predicted molar refractivity (Wildman–Crippen MR) is 104 cm³/mol. The Morgan fingerprint density at radius 1 is 1.07 bits per heavy atom. The van der Waals surface area contributed by atoms with Crippen LogP contribution in [0, 0.1) is 0 Å². The summed E-state index contributed by atoms with van der Waals surface area (Å²) in [6, 6.07) is 10.9. The zero-order chi connectivity index (χ0) is 19.8. The molecule has 1 aliphatic heterocycles. The smallest absolute Gasteiger partial charge is 0.323 e. The maximum Gasteiger partial charge on any atom is 0.325 e. The second-order valence-corrected chi connectivity index (χ2v) is 7.33. The molecule has 0 bridgehead atoms. The summed E-state index contributed by atoms with van der Waals surface area (Å²) in [6.45, 7) is 1.12. The quantitative estimate of drug-likeness (QED) is 0.572. The lowest BCUT2D eigenvalue weighted by Gasteiger charge is -2.22. The molecule has 2 aromatic carbocycles. The summed E-state index contributed by atoms with van der Waals surface area (Å²) in [4.78, 5) is 38.3. The third-order valence-corrected chi connectivity index (χ3v) is 5.25. The van der Waals surface area contributed by atoms with E-state index in [1.54, 1.807) is 37.3 Å². The van der Waals surface area contributed by atoms with Crippen LogP contribution in [0.5, 0.6) is 0 Å². The number of anilines is 1. The van der Waals surface area contributed by atoms with Gasteiger partial charge in [-0.25, -0.2) is 4.79 Å². The van der Waals surface area contributed by atoms with E-state index >= 15 is 0 Å². The topological polar surface area (TPSA) is 78.5 Å². The van der Waals surface area contributed by atoms with Gasteiger partial charge in [0.15, 0.2) is 0 Å². The highest BCUT2D eigenvalue weighted by Gasteiger charge is 2.49. The number of rotatable bonds is 4. The minimum absolute atomic E-state index is 0.184. The third kappa shape index (κ3) is 3.74. The van der Waals surface area contributed by atoms with Crippen LogP contribution in [0.2, 0.25) is 15.1 Å². The zero-order valence-corrected chi connectivity index (χ0v) is 16.3. The van der Waals surface area contributed by atoms with E-state index in [9.17, 15) is 14.4 Å². The molecule has 1 atom stereocenters. The molecule has 1 fully saturated rings. The van der Waals surface area contributed by atoms with Crippen molar-refractivity contribution in [1.82, 2.24) is 10.2 Å². The second kappa shape index (κ2) is 7.38. The fraction of sp³-hybridized carbons (Fsp3) is 0.167. The lowest BCUT2D eigenvalue weighted by Crippen LogP contribution is -2.42. The number of hydrogen-bond donors (Lipinski definition) is 2. The number of carbonyl (C=O) groups excluding carboxylic acids is 3. The van der Waals surface area contributed by atoms with Gasteiger partial charge in [0.1, 0.15) is 12.1 Å². The van der Waals surface area contributed by atoms with Gasteiger partial charge in [-0.15, -0.1) is 0 Å². The average molecular weight is 427 g/mol. The summed E-state index contributed by atoms with van der Waals surface area (Å²) in [6.07, 6.45) is 0. The minimum Gasteiger partial charge on any atom is -0.323 e. The predicted octanol–water partition coefficient (Wildman–Crippen LogP) is 4.05. The molecule has 2 aromatic rings. The van der Waals surface area contributed by atoms with Gasteiger partial charge >= 0.3 is 6.03 Å². The molecule has 0 radical (unpaired) electrons. The second-order valence-electron chi connectivity index (χ2n) is 6.11. The van der Waals surface area contributed by atoms with Gasteiger partial charge in [0, 0.05) is 0 Å². The fourth-order valence-corrected chi connectivity index (χ4v) is 3.35. The van der Waals surface area contributed by atoms with Gasteiger partial charge in [0.2, 0.25) is 5.91 Å². The molecule has 0 spiro atoms. The Bertz CT molecular complexity index is 936. The number of benzene rings is 2. The van der Waals surface area contributed by atoms with E-state index in [-0.39, 0.29) is 20.8 Å². The molecule has 0 saturated carbocycles. The first kappa shape index (κ1) is 19.5. The van der Waals surface area contributed by atoms with Crippen molar-refractivity contribution in [3.8, 4) is 0 Å². The molecule has 0 aromatic heterocycles. The Morgan fingerprint density at radius 3 is 2.37 bits per heavy atom. The Kier molecular flexibility index (Phi) is 5.33. The SMILES string of the molecule is CC1(c2ccccc2)NC(=O)N(CC(=O)Nc2cc(Cl)c(Cl)cc2Cl)C1=O. The fourth-order valence-electron chi connectivity index (χ4n) is 2.76. The van der Waals surface area contributed by atoms with Crippen LogP contribution in [0.4, 0.5) is 10.5 Å². The highest BCUT2D eigenvalue weighted by molar-refractivity contribution is 6.44. The summed E-state index contributed by atoms with van der Waals surface area (Å²) in [7, 11) is 0. The first-order valence-electron chi connectivity index (χ1n) is 7.86. The van der Waals surface area contributed by atoms with E-state index in [1.165, 1.54) is 12.1 Å². The van der Waals surface area contributed by atoms with E-state index in [0.29, 0.717) is 5.56 Å². The van der Waals surface area contributed by atoms with E-state index in [4.69, 9.17) is 34.8 Å². The monoisotopic (exact) mass is 425 g/mol. The molecule has 1 aliphatic rings. The van der Waals surface area contributed by atoms with Crippen LogP contribution < -0.4 is 10.6 Å². The van der Waals surface area contributed by atoms with Crippen molar-refractivity contribution in [3.63, 3.8) is 0 Å². The number of imide groups is 1. The lowest BCUT2D eigenvalue weighted by molar-refractivity contribution is -0.133. The standard InChI is InChI=1S/C18H14Cl3N3O3/c1-18(10-5-3-2-4-6-10)16(26)24(17(27)23-18)9-15(25)22-14-8-12(20)11(19)7-13(14)21/h2-8H,9H2,1H3,(H,22,25)(H,23,27). The van der Waals surface area contributed by atoms with Crippen molar-refractivity contribution in [2.45, 2.75) is 12.5 Å². The van der Waals surface area contributed by atoms with Crippen LogP contribution in [0.15, 0.2) is 42.5 Å². The van der Waals surface area contributed by atoms with Gasteiger partial charge in [-0.3, -0.25) is 14.5 Å². The number of nitrogens with zero attached hydrogens (tertiary/aromatic N) is 1. The highest BCUT2D eigenvalue weighted by Crippen LogP contribution is 2.32. The Morgan fingerprint density at radius 2 is 1.70 bits per heavy atom. The molecule has 27 heavy (non-hydrogen) atoms. The van der Waals surface area contributed by atoms with Gasteiger partial charge in [-0.2, -0.15) is 0 Å². The maximum atomic E-state index is 12.8. The molecule has 1 unspecified atom stereocenters. The van der Waals surface area contributed by atoms with Crippen molar-refractivity contribution in [2.75, 3.05) is 11.9 Å². The number of urea groups is 1. The van der Waals surface area contributed by atoms with Crippen LogP contribution in [0.3, 0.4) is 0 Å². The van der Waals surface area contributed by atoms with Crippen molar-refractivity contribution >= 4 is 58.3 Å². The molecule has 4 amide bonds. The van der Waals surface area contributed by atoms with Gasteiger partial charge < -0.3 is 10.6 Å². The summed E-state index contributed by atoms with van der Waals surface area (Å²) in [5.74, 6) is -1.12. The average Bonchev–Trinajstić information content (AvgIpc) is 2.84. The highest BCUT2D eigenvalue weighted by atomic mass is 35.5. The normalized spacial score (nSPS) is 19.2. The first-order valence-corrected chi connectivity index (χ1v) is 9.00.